The van der Waals surface area contributed by atoms with Gasteiger partial charge >= 0.3 is 35.8 Å². The summed E-state index contributed by atoms with van der Waals surface area (Å²) in [5.74, 6) is -35.0. The summed E-state index contributed by atoms with van der Waals surface area (Å²) in [6.45, 7) is 18.2. The van der Waals surface area contributed by atoms with Crippen LogP contribution in [0.25, 0.3) is 0 Å². The molecule has 83 heavy (non-hydrogen) atoms. The van der Waals surface area contributed by atoms with Gasteiger partial charge in [-0.3, -0.25) is 0 Å². The number of epoxide rings is 2. The molecule has 5 nitrogen and oxygen atoms in total. The van der Waals surface area contributed by atoms with Crippen LogP contribution >= 0.6 is 0 Å². The van der Waals surface area contributed by atoms with E-state index in [0.29, 0.717) is 56.6 Å². The maximum Gasteiger partial charge on any atom is 0.460 e. The predicted octanol–water partition coefficient (Wildman–Crippen LogP) is 20.4. The highest BCUT2D eigenvalue weighted by atomic mass is 28.4. The molecule has 0 aromatic heterocycles. The normalized spacial score (nSPS) is 18.0. The first-order valence-corrected chi connectivity index (χ1v) is 39.5. The fourth-order valence-corrected chi connectivity index (χ4v) is 24.4. The number of halogens is 13. The van der Waals surface area contributed by atoms with Crippen molar-refractivity contribution in [3.8, 4) is 11.5 Å². The predicted molar refractivity (Wildman–Crippen MR) is 312 cm³/mol. The number of benzene rings is 2. The third-order valence-corrected chi connectivity index (χ3v) is 29.2. The van der Waals surface area contributed by atoms with E-state index in [1.54, 1.807) is 0 Å². The summed E-state index contributed by atoms with van der Waals surface area (Å²) in [5, 5.41) is 0. The van der Waals surface area contributed by atoms with E-state index in [1.807, 2.05) is 30.3 Å². The van der Waals surface area contributed by atoms with E-state index < -0.39 is 74.4 Å². The van der Waals surface area contributed by atoms with Gasteiger partial charge in [0.2, 0.25) is 0 Å². The van der Waals surface area contributed by atoms with Crippen LogP contribution in [-0.2, 0) is 26.4 Å². The van der Waals surface area contributed by atoms with E-state index in [-0.39, 0.29) is 23.3 Å². The molecule has 0 spiro atoms. The first kappa shape index (κ1) is 73.3. The standard InChI is InChI=1S/C61H95F13O5Si4/c1-8-24-54(36-34-52(80-3)32-20-16-12-10-14-18-26-46-28-22-30-48(40-46)75-42-50-44-77-50)82(4,5)79-83(6,7)55(25-9-2)37-35-53(33-21-17-13-11-15-19-27-47-29-23-31-49(41-47)76-43-51-45-78-51)81-39-38-56(62,63)57(64,65)58(66,67)59(68,69)60(70,71)61(72,73)74/h22-23,28-31,40-41,50-55H,8-21,24-27,32-39,42-45H2,1-7H3. The molecule has 2 aromatic carbocycles. The van der Waals surface area contributed by atoms with Crippen molar-refractivity contribution in [2.75, 3.05) is 26.4 Å². The van der Waals surface area contributed by atoms with E-state index in [2.05, 4.69) is 64.8 Å². The minimum Gasteiger partial charge on any atom is -0.491 e. The Labute approximate surface area is 494 Å². The van der Waals surface area contributed by atoms with Gasteiger partial charge in [-0.2, -0.15) is 57.1 Å². The van der Waals surface area contributed by atoms with Gasteiger partial charge in [-0.15, -0.1) is 0 Å². The molecular weight excluding hydrogens is 1170 g/mol. The first-order valence-electron chi connectivity index (χ1n) is 30.7. The highest BCUT2D eigenvalue weighted by molar-refractivity contribution is 6.86. The van der Waals surface area contributed by atoms with Crippen molar-refractivity contribution in [2.24, 2.45) is 0 Å². The molecule has 2 heterocycles. The number of hydrogen-bond donors (Lipinski definition) is 0. The lowest BCUT2D eigenvalue weighted by Gasteiger charge is -2.43. The van der Waals surface area contributed by atoms with Crippen molar-refractivity contribution < 1.29 is 80.1 Å². The number of rotatable bonds is 47. The van der Waals surface area contributed by atoms with Crippen LogP contribution < -0.4 is 9.47 Å². The summed E-state index contributed by atoms with van der Waals surface area (Å²) in [6.07, 6.45) is 13.7. The highest BCUT2D eigenvalue weighted by Gasteiger charge is 2.90. The van der Waals surface area contributed by atoms with Crippen LogP contribution in [0.5, 0.6) is 11.5 Å². The molecular formula is C61H95F13O5Si4. The Morgan fingerprint density at radius 3 is 1.31 bits per heavy atom. The Hall–Kier alpha value is -2.12. The lowest BCUT2D eigenvalue weighted by molar-refractivity contribution is -0.439. The first-order chi connectivity index (χ1) is 38.9. The van der Waals surface area contributed by atoms with Crippen LogP contribution in [-0.4, -0.2) is 110 Å². The summed E-state index contributed by atoms with van der Waals surface area (Å²) in [7, 11) is -4.50. The van der Waals surface area contributed by atoms with Crippen LogP contribution in [0.1, 0.15) is 173 Å². The zero-order valence-corrected chi connectivity index (χ0v) is 54.3. The quantitative estimate of drug-likeness (QED) is 0.0286. The topological polar surface area (TPSA) is 52.8 Å². The van der Waals surface area contributed by atoms with Crippen molar-refractivity contribution in [2.45, 2.75) is 283 Å². The molecule has 0 saturated carbocycles. The summed E-state index contributed by atoms with van der Waals surface area (Å²) in [5.41, 5.74) is 3.30. The van der Waals surface area contributed by atoms with Crippen molar-refractivity contribution >= 4 is 35.7 Å². The number of ether oxygens (including phenoxy) is 4. The Bertz CT molecular complexity index is 2130. The van der Waals surface area contributed by atoms with E-state index >= 15 is 8.78 Å². The van der Waals surface area contributed by atoms with Gasteiger partial charge in [0.25, 0.3) is 0 Å². The molecule has 2 fully saturated rings. The molecule has 0 N–H and O–H groups in total. The third kappa shape index (κ3) is 23.4. The average Bonchev–Trinajstić information content (AvgIpc) is 1.80. The zero-order valence-electron chi connectivity index (χ0n) is 50.3. The van der Waals surface area contributed by atoms with E-state index in [9.17, 15) is 48.3 Å². The third-order valence-electron chi connectivity index (χ3n) is 16.8. The van der Waals surface area contributed by atoms with Gasteiger partial charge in [0.1, 0.15) is 36.9 Å². The second kappa shape index (κ2) is 34.0. The smallest absolute Gasteiger partial charge is 0.460 e. The second-order valence-corrected chi connectivity index (χ2v) is 36.5. The summed E-state index contributed by atoms with van der Waals surface area (Å²) in [4.78, 5) is 0. The zero-order chi connectivity index (χ0) is 61.6. The molecule has 6 atom stereocenters. The maximum atomic E-state index is 15.1. The number of unbranched alkanes of at least 4 members (excludes halogenated alkanes) is 10. The SMILES string of the molecule is CCCC(CCC(CCCCCCCCc1cccc(OCC2CO2)c1)[Si]C)[Si](C)(C)O[Si](C)(C)C(CCC)CCC(CCCCCCCCc1cccc(OCC2CO2)c1)[Si]CCC(F)(F)C(F)(F)C(F)(F)C(F)(F)C(F)(F)C(F)(F)F. The second-order valence-electron chi connectivity index (χ2n) is 24.5. The van der Waals surface area contributed by atoms with Crippen LogP contribution in [0.15, 0.2) is 48.5 Å². The Morgan fingerprint density at radius 1 is 0.506 bits per heavy atom. The Kier molecular flexibility index (Phi) is 30.1. The average molecular weight is 1270 g/mol. The molecule has 2 saturated heterocycles. The molecule has 0 aliphatic carbocycles. The minimum atomic E-state index is -7.89. The van der Waals surface area contributed by atoms with Gasteiger partial charge in [-0.25, -0.2) is 0 Å². The van der Waals surface area contributed by atoms with Gasteiger partial charge in [-0.1, -0.05) is 179 Å². The van der Waals surface area contributed by atoms with Gasteiger partial charge in [-0.05, 0) is 109 Å². The van der Waals surface area contributed by atoms with Gasteiger partial charge in [0.15, 0.2) is 16.6 Å². The number of hydrogen-bond acceptors (Lipinski definition) is 5. The van der Waals surface area contributed by atoms with Crippen LogP contribution in [0.4, 0.5) is 57.1 Å². The lowest BCUT2D eigenvalue weighted by atomic mass is 9.93. The van der Waals surface area contributed by atoms with Crippen LogP contribution in [0, 0.1) is 0 Å². The molecule has 2 aromatic rings. The lowest BCUT2D eigenvalue weighted by Crippen LogP contribution is -2.70. The Balaban J connectivity index is 1.31. The van der Waals surface area contributed by atoms with E-state index in [1.165, 1.54) is 44.1 Å². The van der Waals surface area contributed by atoms with E-state index in [4.69, 9.17) is 23.1 Å². The van der Waals surface area contributed by atoms with Crippen LogP contribution in [0.3, 0.4) is 0 Å². The highest BCUT2D eigenvalue weighted by Crippen LogP contribution is 2.61. The summed E-state index contributed by atoms with van der Waals surface area (Å²) >= 11 is 0. The molecule has 476 valence electrons. The van der Waals surface area contributed by atoms with Gasteiger partial charge < -0.3 is 23.1 Å². The minimum absolute atomic E-state index is 0.124. The van der Waals surface area contributed by atoms with Crippen molar-refractivity contribution in [3.63, 3.8) is 0 Å². The fraction of sp³-hybridized carbons (Fsp3) is 0.803. The molecule has 0 amide bonds. The number of aryl methyl sites for hydroxylation is 2. The Morgan fingerprint density at radius 2 is 0.904 bits per heavy atom. The largest absolute Gasteiger partial charge is 0.491 e. The maximum absolute atomic E-state index is 15.1. The molecule has 0 bridgehead atoms. The van der Waals surface area contributed by atoms with Crippen LogP contribution in [0.2, 0.25) is 60.9 Å². The van der Waals surface area contributed by atoms with Gasteiger partial charge in [0.05, 0.1) is 13.2 Å². The van der Waals surface area contributed by atoms with Crippen molar-refractivity contribution in [1.29, 1.82) is 0 Å². The van der Waals surface area contributed by atoms with Crippen molar-refractivity contribution in [1.82, 2.24) is 0 Å². The molecule has 4 rings (SSSR count). The van der Waals surface area contributed by atoms with Gasteiger partial charge in [0, 0.05) is 25.5 Å². The summed E-state index contributed by atoms with van der Waals surface area (Å²) < 4.78 is 212. The van der Waals surface area contributed by atoms with E-state index in [0.717, 1.165) is 123 Å². The molecule has 22 heteroatoms. The van der Waals surface area contributed by atoms with Crippen molar-refractivity contribution in [3.05, 3.63) is 59.7 Å². The monoisotopic (exact) mass is 1270 g/mol. The molecule has 6 unspecified atom stereocenters. The molecule has 4 radical (unpaired) electrons. The fourth-order valence-electron chi connectivity index (χ4n) is 11.3. The molecule has 2 aliphatic heterocycles. The summed E-state index contributed by atoms with van der Waals surface area (Å²) in [6, 6.07) is 15.4. The number of alkyl halides is 13. The molecule has 2 aliphatic rings.